The van der Waals surface area contributed by atoms with Crippen LogP contribution in [0.1, 0.15) is 5.56 Å². The lowest BCUT2D eigenvalue weighted by Crippen LogP contribution is -2.51. The molecule has 142 valence electrons. The van der Waals surface area contributed by atoms with Crippen molar-refractivity contribution in [2.24, 2.45) is 5.73 Å². The van der Waals surface area contributed by atoms with E-state index in [1.54, 1.807) is 7.11 Å². The van der Waals surface area contributed by atoms with E-state index in [2.05, 4.69) is 44.4 Å². The van der Waals surface area contributed by atoms with Gasteiger partial charge in [-0.25, -0.2) is 5.32 Å². The number of guanidine groups is 1. The minimum Gasteiger partial charge on any atom is -0.497 e. The van der Waals surface area contributed by atoms with Crippen molar-refractivity contribution in [3.05, 3.63) is 60.2 Å². The minimum absolute atomic E-state index is 0.476. The van der Waals surface area contributed by atoms with Crippen molar-refractivity contribution in [1.29, 1.82) is 0 Å². The molecular formula is C20H26N5OS+. The summed E-state index contributed by atoms with van der Waals surface area (Å²) >= 11 is 5.36. The molecule has 4 N–H and O–H groups in total. The van der Waals surface area contributed by atoms with E-state index in [4.69, 9.17) is 22.7 Å². The summed E-state index contributed by atoms with van der Waals surface area (Å²) in [6, 6.07) is 18.1. The first-order valence-electron chi connectivity index (χ1n) is 9.00. The zero-order chi connectivity index (χ0) is 19.1. The Morgan fingerprint density at radius 1 is 1.11 bits per heavy atom. The van der Waals surface area contributed by atoms with Gasteiger partial charge in [0.2, 0.25) is 5.11 Å². The SMILES string of the molecule is COc1ccc(NC(=S)NC(N)=[N+]2CCN(Cc3ccccc3)CC2)cc1. The van der Waals surface area contributed by atoms with Crippen LogP contribution in [-0.4, -0.2) is 53.8 Å². The van der Waals surface area contributed by atoms with Crippen molar-refractivity contribution in [2.45, 2.75) is 6.54 Å². The summed E-state index contributed by atoms with van der Waals surface area (Å²) in [7, 11) is 1.64. The van der Waals surface area contributed by atoms with Crippen LogP contribution in [0.4, 0.5) is 5.69 Å². The zero-order valence-electron chi connectivity index (χ0n) is 15.5. The van der Waals surface area contributed by atoms with E-state index in [1.165, 1.54) is 5.56 Å². The fourth-order valence-electron chi connectivity index (χ4n) is 3.02. The Morgan fingerprint density at radius 2 is 1.78 bits per heavy atom. The fraction of sp³-hybridized carbons (Fsp3) is 0.300. The number of rotatable bonds is 4. The first kappa shape index (κ1) is 19.1. The van der Waals surface area contributed by atoms with Gasteiger partial charge in [-0.15, -0.1) is 0 Å². The van der Waals surface area contributed by atoms with E-state index in [-0.39, 0.29) is 0 Å². The predicted octanol–water partition coefficient (Wildman–Crippen LogP) is 1.82. The van der Waals surface area contributed by atoms with Crippen LogP contribution in [0.15, 0.2) is 54.6 Å². The number of piperazine rings is 1. The Labute approximate surface area is 165 Å². The maximum atomic E-state index is 6.21. The fourth-order valence-corrected chi connectivity index (χ4v) is 3.24. The van der Waals surface area contributed by atoms with Crippen LogP contribution in [-0.2, 0) is 6.54 Å². The van der Waals surface area contributed by atoms with Gasteiger partial charge in [0.05, 0.1) is 20.2 Å². The number of ether oxygens (including phenoxy) is 1. The van der Waals surface area contributed by atoms with Crippen molar-refractivity contribution >= 4 is 29.0 Å². The van der Waals surface area contributed by atoms with E-state index in [0.29, 0.717) is 11.1 Å². The summed E-state index contributed by atoms with van der Waals surface area (Å²) < 4.78 is 7.28. The van der Waals surface area contributed by atoms with Gasteiger partial charge in [-0.1, -0.05) is 30.3 Å². The molecule has 0 aliphatic carbocycles. The van der Waals surface area contributed by atoms with Gasteiger partial charge < -0.3 is 10.1 Å². The number of benzene rings is 2. The third-order valence-corrected chi connectivity index (χ3v) is 4.76. The predicted molar refractivity (Wildman–Crippen MR) is 113 cm³/mol. The van der Waals surface area contributed by atoms with E-state index in [1.807, 2.05) is 30.3 Å². The van der Waals surface area contributed by atoms with Crippen LogP contribution >= 0.6 is 12.2 Å². The third-order valence-electron chi connectivity index (χ3n) is 4.55. The van der Waals surface area contributed by atoms with Crippen molar-refractivity contribution in [1.82, 2.24) is 10.2 Å². The smallest absolute Gasteiger partial charge is 0.350 e. The number of hydrogen-bond acceptors (Lipinski definition) is 3. The molecule has 1 heterocycles. The van der Waals surface area contributed by atoms with Crippen molar-refractivity contribution < 1.29 is 9.31 Å². The average Bonchev–Trinajstić information content (AvgIpc) is 2.70. The summed E-state index contributed by atoms with van der Waals surface area (Å²) in [5.41, 5.74) is 8.43. The van der Waals surface area contributed by atoms with E-state index < -0.39 is 0 Å². The second-order valence-electron chi connectivity index (χ2n) is 6.44. The highest BCUT2D eigenvalue weighted by Gasteiger charge is 2.19. The van der Waals surface area contributed by atoms with Gasteiger partial charge in [0.25, 0.3) is 0 Å². The van der Waals surface area contributed by atoms with Crippen LogP contribution in [0.3, 0.4) is 0 Å². The second kappa shape index (κ2) is 9.34. The topological polar surface area (TPSA) is 65.6 Å². The average molecular weight is 385 g/mol. The van der Waals surface area contributed by atoms with Crippen molar-refractivity contribution in [2.75, 3.05) is 38.6 Å². The summed E-state index contributed by atoms with van der Waals surface area (Å²) in [5.74, 6) is 1.39. The first-order valence-corrected chi connectivity index (χ1v) is 9.40. The Balaban J connectivity index is 1.48. The molecule has 1 fully saturated rings. The number of hydrogen-bond donors (Lipinski definition) is 3. The lowest BCUT2D eigenvalue weighted by molar-refractivity contribution is -0.542. The standard InChI is InChI=1S/C20H25N5OS/c1-26-18-9-7-17(8-10-18)22-20(27)23-19(21)25-13-11-24(12-14-25)15-16-5-3-2-4-6-16/h2-10H,11-15H2,1H3,(H3,21,22,23,27)/p+1. The second-order valence-corrected chi connectivity index (χ2v) is 6.85. The Morgan fingerprint density at radius 3 is 2.41 bits per heavy atom. The van der Waals surface area contributed by atoms with Crippen LogP contribution in [0.2, 0.25) is 0 Å². The maximum Gasteiger partial charge on any atom is 0.350 e. The molecular weight excluding hydrogens is 358 g/mol. The van der Waals surface area contributed by atoms with Gasteiger partial charge in [-0.2, -0.15) is 0 Å². The van der Waals surface area contributed by atoms with Gasteiger partial charge in [0.15, 0.2) is 0 Å². The van der Waals surface area contributed by atoms with Gasteiger partial charge in [0.1, 0.15) is 5.75 Å². The third kappa shape index (κ3) is 5.67. The Kier molecular flexibility index (Phi) is 6.62. The molecule has 0 saturated carbocycles. The summed E-state index contributed by atoms with van der Waals surface area (Å²) in [4.78, 5) is 2.44. The molecule has 6 nitrogen and oxygen atoms in total. The number of thiocarbonyl (C=S) groups is 1. The molecule has 7 heteroatoms. The molecule has 0 amide bonds. The normalized spacial score (nSPS) is 14.5. The molecule has 0 bridgehead atoms. The summed E-state index contributed by atoms with van der Waals surface area (Å²) in [6.07, 6.45) is 0. The number of anilines is 1. The zero-order valence-corrected chi connectivity index (χ0v) is 16.3. The molecule has 0 radical (unpaired) electrons. The maximum absolute atomic E-state index is 6.21. The molecule has 1 aliphatic heterocycles. The molecule has 1 aliphatic rings. The monoisotopic (exact) mass is 384 g/mol. The molecule has 0 unspecified atom stereocenters. The molecule has 0 aromatic heterocycles. The largest absolute Gasteiger partial charge is 0.497 e. The molecule has 0 spiro atoms. The Hall–Kier alpha value is -2.64. The number of methoxy groups -OCH3 is 1. The minimum atomic E-state index is 0.476. The molecule has 2 aromatic rings. The highest BCUT2D eigenvalue weighted by atomic mass is 32.1. The first-order chi connectivity index (χ1) is 13.1. The number of nitrogens with two attached hydrogens (primary N) is 1. The van der Waals surface area contributed by atoms with Crippen molar-refractivity contribution in [3.8, 4) is 5.75 Å². The molecule has 27 heavy (non-hydrogen) atoms. The van der Waals surface area contributed by atoms with E-state index in [9.17, 15) is 0 Å². The molecule has 3 rings (SSSR count). The molecule has 0 atom stereocenters. The lowest BCUT2D eigenvalue weighted by Gasteiger charge is -2.28. The van der Waals surface area contributed by atoms with Gasteiger partial charge in [-0.3, -0.25) is 15.2 Å². The number of nitrogens with one attached hydrogen (secondary N) is 2. The lowest BCUT2D eigenvalue weighted by atomic mass is 10.2. The van der Waals surface area contributed by atoms with Gasteiger partial charge >= 0.3 is 5.96 Å². The van der Waals surface area contributed by atoms with Crippen LogP contribution in [0, 0.1) is 0 Å². The molecule has 1 saturated heterocycles. The van der Waals surface area contributed by atoms with E-state index in [0.717, 1.165) is 44.2 Å². The van der Waals surface area contributed by atoms with Crippen LogP contribution < -0.4 is 21.1 Å². The summed E-state index contributed by atoms with van der Waals surface area (Å²) in [5, 5.41) is 6.69. The van der Waals surface area contributed by atoms with E-state index >= 15 is 0 Å². The highest BCUT2D eigenvalue weighted by Crippen LogP contribution is 2.14. The summed E-state index contributed by atoms with van der Waals surface area (Å²) in [6.45, 7) is 4.65. The Bertz CT molecular complexity index is 782. The number of nitrogens with zero attached hydrogens (tertiary/aromatic N) is 2. The van der Waals surface area contributed by atoms with Crippen LogP contribution in [0.5, 0.6) is 5.75 Å². The van der Waals surface area contributed by atoms with Gasteiger partial charge in [0, 0.05) is 25.3 Å². The molecule has 2 aromatic carbocycles. The quantitative estimate of drug-likeness (QED) is 0.425. The van der Waals surface area contributed by atoms with Gasteiger partial charge in [-0.05, 0) is 42.0 Å². The van der Waals surface area contributed by atoms with Crippen molar-refractivity contribution in [3.63, 3.8) is 0 Å². The van der Waals surface area contributed by atoms with Crippen LogP contribution in [0.25, 0.3) is 0 Å². The highest BCUT2D eigenvalue weighted by molar-refractivity contribution is 7.80.